The summed E-state index contributed by atoms with van der Waals surface area (Å²) in [4.78, 5) is 29.2. The molecule has 10 heteroatoms. The Hall–Kier alpha value is -4.47. The van der Waals surface area contributed by atoms with E-state index in [1.54, 1.807) is 28.8 Å². The van der Waals surface area contributed by atoms with Crippen LogP contribution in [0.4, 0.5) is 21.7 Å². The summed E-state index contributed by atoms with van der Waals surface area (Å²) in [6.07, 6.45) is 3.87. The monoisotopic (exact) mass is 459 g/mol. The lowest BCUT2D eigenvalue weighted by Crippen LogP contribution is -2.16. The van der Waals surface area contributed by atoms with E-state index >= 15 is 4.39 Å². The Labute approximate surface area is 194 Å². The molecule has 2 aromatic carbocycles. The van der Waals surface area contributed by atoms with Crippen LogP contribution in [-0.4, -0.2) is 31.1 Å². The number of hydrogen-bond acceptors (Lipinski definition) is 5. The Morgan fingerprint density at radius 1 is 1.21 bits per heavy atom. The van der Waals surface area contributed by atoms with Crippen LogP contribution in [0, 0.1) is 12.7 Å². The molecule has 0 saturated heterocycles. The molecule has 0 unspecified atom stereocenters. The van der Waals surface area contributed by atoms with Gasteiger partial charge in [-0.25, -0.2) is 14.1 Å². The molecule has 0 saturated carbocycles. The number of benzene rings is 2. The van der Waals surface area contributed by atoms with Gasteiger partial charge in [0.2, 0.25) is 0 Å². The van der Waals surface area contributed by atoms with E-state index in [1.165, 1.54) is 19.1 Å². The van der Waals surface area contributed by atoms with Crippen molar-refractivity contribution < 1.29 is 14.0 Å². The van der Waals surface area contributed by atoms with E-state index in [2.05, 4.69) is 20.7 Å². The summed E-state index contributed by atoms with van der Waals surface area (Å²) < 4.78 is 18.9. The number of hydrogen-bond donors (Lipinski definition) is 3. The van der Waals surface area contributed by atoms with Crippen molar-refractivity contribution in [3.63, 3.8) is 0 Å². The molecule has 5 rings (SSSR count). The van der Waals surface area contributed by atoms with Crippen LogP contribution >= 0.6 is 0 Å². The summed E-state index contributed by atoms with van der Waals surface area (Å²) in [7, 11) is 1.78. The van der Waals surface area contributed by atoms with Crippen molar-refractivity contribution >= 4 is 29.1 Å². The molecule has 1 aliphatic heterocycles. The van der Waals surface area contributed by atoms with Crippen molar-refractivity contribution in [2.45, 2.75) is 19.9 Å². The number of nitrogens with zero attached hydrogens (tertiary/aromatic N) is 4. The molecule has 0 atom stereocenters. The Balaban J connectivity index is 1.55. The highest BCUT2D eigenvalue weighted by Gasteiger charge is 2.28. The normalized spacial score (nSPS) is 12.3. The van der Waals surface area contributed by atoms with Crippen LogP contribution in [0.1, 0.15) is 31.8 Å². The second-order valence-electron chi connectivity index (χ2n) is 8.17. The maximum Gasteiger partial charge on any atom is 0.257 e. The fraction of sp³-hybridized carbons (Fsp3) is 0.167. The Bertz CT molecular complexity index is 1450. The predicted molar refractivity (Wildman–Crippen MR) is 125 cm³/mol. The lowest BCUT2D eigenvalue weighted by molar-refractivity contribution is 0.0998. The highest BCUT2D eigenvalue weighted by molar-refractivity contribution is 6.06. The first-order valence-electron chi connectivity index (χ1n) is 10.7. The number of para-hydroxylation sites is 1. The maximum absolute atomic E-state index is 15.6. The first kappa shape index (κ1) is 21.4. The SMILES string of the molecule is Cc1c(C(=O)Nc2cn(C)cn2)ccc(-c2nn3c(c2C(N)=O)Nc2ccccc2CC3)c1F. The van der Waals surface area contributed by atoms with Crippen LogP contribution in [0.5, 0.6) is 0 Å². The summed E-state index contributed by atoms with van der Waals surface area (Å²) in [5.74, 6) is -1.09. The van der Waals surface area contributed by atoms with Gasteiger partial charge in [0.15, 0.2) is 5.82 Å². The second kappa shape index (κ2) is 8.14. The molecule has 2 amide bonds. The lowest BCUT2D eigenvalue weighted by Gasteiger charge is -2.11. The number of amides is 2. The quantitative estimate of drug-likeness (QED) is 0.432. The minimum atomic E-state index is -0.725. The number of nitrogens with two attached hydrogens (primary N) is 1. The molecule has 2 aromatic heterocycles. The van der Waals surface area contributed by atoms with E-state index < -0.39 is 17.6 Å². The van der Waals surface area contributed by atoms with Gasteiger partial charge in [-0.2, -0.15) is 5.10 Å². The van der Waals surface area contributed by atoms with Crippen molar-refractivity contribution in [2.24, 2.45) is 12.8 Å². The van der Waals surface area contributed by atoms with Gasteiger partial charge in [0, 0.05) is 36.6 Å². The van der Waals surface area contributed by atoms with Crippen molar-refractivity contribution in [3.05, 3.63) is 77.0 Å². The van der Waals surface area contributed by atoms with E-state index in [1.807, 2.05) is 24.3 Å². The van der Waals surface area contributed by atoms with Crippen LogP contribution in [0.2, 0.25) is 0 Å². The van der Waals surface area contributed by atoms with Crippen LogP contribution in [-0.2, 0) is 20.0 Å². The van der Waals surface area contributed by atoms with Gasteiger partial charge >= 0.3 is 0 Å². The molecule has 0 bridgehead atoms. The molecule has 1 aliphatic rings. The van der Waals surface area contributed by atoms with Gasteiger partial charge in [-0.05, 0) is 42.7 Å². The van der Waals surface area contributed by atoms with Crippen molar-refractivity contribution in [2.75, 3.05) is 10.6 Å². The van der Waals surface area contributed by atoms with Gasteiger partial charge < -0.3 is 20.9 Å². The number of nitrogens with one attached hydrogen (secondary N) is 2. The van der Waals surface area contributed by atoms with Crippen LogP contribution in [0.3, 0.4) is 0 Å². The highest BCUT2D eigenvalue weighted by Crippen LogP contribution is 2.36. The molecule has 172 valence electrons. The summed E-state index contributed by atoms with van der Waals surface area (Å²) in [6.45, 7) is 2.00. The van der Waals surface area contributed by atoms with E-state index in [-0.39, 0.29) is 27.9 Å². The predicted octanol–water partition coefficient (Wildman–Crippen LogP) is 3.38. The number of imidazole rings is 1. The molecule has 0 fully saturated rings. The standard InChI is InChI=1S/C24H22FN7O2/c1-13-15(24(34)29-18-11-31(2)12-27-18)7-8-16(20(13)25)21-19(22(26)33)23-28-17-6-4-3-5-14(17)9-10-32(23)30-21/h3-8,11-12,28H,9-10H2,1-2H3,(H2,26,33)(H,29,34). The third kappa shape index (κ3) is 3.58. The minimum Gasteiger partial charge on any atom is -0.365 e. The number of anilines is 3. The fourth-order valence-electron chi connectivity index (χ4n) is 4.16. The first-order valence-corrected chi connectivity index (χ1v) is 10.7. The molecule has 3 heterocycles. The molecule has 0 spiro atoms. The molecule has 4 N–H and O–H groups in total. The molecule has 4 aromatic rings. The topological polar surface area (TPSA) is 120 Å². The summed E-state index contributed by atoms with van der Waals surface area (Å²) in [6, 6.07) is 10.7. The third-order valence-corrected chi connectivity index (χ3v) is 5.89. The minimum absolute atomic E-state index is 0.0938. The summed E-state index contributed by atoms with van der Waals surface area (Å²) in [5.41, 5.74) is 8.24. The number of carbonyl (C=O) groups is 2. The first-order chi connectivity index (χ1) is 16.3. The number of halogens is 1. The van der Waals surface area contributed by atoms with Gasteiger partial charge in [-0.1, -0.05) is 18.2 Å². The van der Waals surface area contributed by atoms with E-state index in [0.717, 1.165) is 11.3 Å². The number of aryl methyl sites for hydroxylation is 3. The number of aromatic nitrogens is 4. The van der Waals surface area contributed by atoms with Crippen molar-refractivity contribution in [1.82, 2.24) is 19.3 Å². The van der Waals surface area contributed by atoms with E-state index in [4.69, 9.17) is 5.73 Å². The summed E-state index contributed by atoms with van der Waals surface area (Å²) in [5, 5.41) is 10.4. The molecule has 0 aliphatic carbocycles. The molecule has 34 heavy (non-hydrogen) atoms. The highest BCUT2D eigenvalue weighted by atomic mass is 19.1. The second-order valence-corrected chi connectivity index (χ2v) is 8.17. The zero-order valence-corrected chi connectivity index (χ0v) is 18.6. The molecule has 0 radical (unpaired) electrons. The zero-order valence-electron chi connectivity index (χ0n) is 18.6. The molecular weight excluding hydrogens is 437 g/mol. The van der Waals surface area contributed by atoms with Crippen LogP contribution in [0.25, 0.3) is 11.3 Å². The smallest absolute Gasteiger partial charge is 0.257 e. The summed E-state index contributed by atoms with van der Waals surface area (Å²) >= 11 is 0. The number of rotatable bonds is 4. The third-order valence-electron chi connectivity index (χ3n) is 5.89. The fourth-order valence-corrected chi connectivity index (χ4v) is 4.16. The Morgan fingerprint density at radius 3 is 2.74 bits per heavy atom. The van der Waals surface area contributed by atoms with Crippen LogP contribution < -0.4 is 16.4 Å². The molecular formula is C24H22FN7O2. The number of fused-ring (bicyclic) bond motifs is 2. The number of carbonyl (C=O) groups excluding carboxylic acids is 2. The van der Waals surface area contributed by atoms with Gasteiger partial charge in [0.25, 0.3) is 11.8 Å². The van der Waals surface area contributed by atoms with Crippen molar-refractivity contribution in [3.8, 4) is 11.3 Å². The molecule has 9 nitrogen and oxygen atoms in total. The average Bonchev–Trinajstić information content (AvgIpc) is 3.32. The number of primary amides is 1. The average molecular weight is 459 g/mol. The van der Waals surface area contributed by atoms with Crippen molar-refractivity contribution in [1.29, 1.82) is 0 Å². The maximum atomic E-state index is 15.6. The van der Waals surface area contributed by atoms with Gasteiger partial charge in [-0.15, -0.1) is 0 Å². The van der Waals surface area contributed by atoms with Gasteiger partial charge in [0.05, 0.1) is 6.33 Å². The Morgan fingerprint density at radius 2 is 2.00 bits per heavy atom. The van der Waals surface area contributed by atoms with Gasteiger partial charge in [0.1, 0.15) is 22.9 Å². The Kier molecular flexibility index (Phi) is 5.12. The van der Waals surface area contributed by atoms with Gasteiger partial charge in [-0.3, -0.25) is 9.59 Å². The van der Waals surface area contributed by atoms with E-state index in [0.29, 0.717) is 24.6 Å². The van der Waals surface area contributed by atoms with Crippen LogP contribution in [0.15, 0.2) is 48.9 Å². The lowest BCUT2D eigenvalue weighted by atomic mass is 9.99. The largest absolute Gasteiger partial charge is 0.365 e. The zero-order chi connectivity index (χ0) is 24.0. The van der Waals surface area contributed by atoms with E-state index in [9.17, 15) is 9.59 Å².